The summed E-state index contributed by atoms with van der Waals surface area (Å²) in [6, 6.07) is 14.1. The molecule has 0 bridgehead atoms. The molecule has 2 aromatic rings. The number of aryl methyl sites for hydroxylation is 1. The zero-order chi connectivity index (χ0) is 15.2. The predicted molar refractivity (Wildman–Crippen MR) is 90.3 cm³/mol. The topological polar surface area (TPSA) is 21.3 Å². The maximum absolute atomic E-state index is 6.15. The minimum Gasteiger partial charge on any atom is -0.493 e. The van der Waals surface area contributed by atoms with Crippen molar-refractivity contribution in [1.82, 2.24) is 0 Å². The lowest BCUT2D eigenvalue weighted by Gasteiger charge is -2.14. The molecule has 112 valence electrons. The molecule has 2 aromatic carbocycles. The highest BCUT2D eigenvalue weighted by molar-refractivity contribution is 6.31. The molecule has 0 atom stereocenters. The summed E-state index contributed by atoms with van der Waals surface area (Å²) in [7, 11) is 0. The van der Waals surface area contributed by atoms with Gasteiger partial charge >= 0.3 is 0 Å². The van der Waals surface area contributed by atoms with E-state index < -0.39 is 0 Å². The van der Waals surface area contributed by atoms with Gasteiger partial charge in [-0.2, -0.15) is 0 Å². The summed E-state index contributed by atoms with van der Waals surface area (Å²) in [5, 5.41) is 4.17. The molecule has 0 aliphatic rings. The molecule has 0 spiro atoms. The fourth-order valence-corrected chi connectivity index (χ4v) is 2.13. The van der Waals surface area contributed by atoms with Crippen LogP contribution < -0.4 is 10.1 Å². The molecule has 0 unspecified atom stereocenters. The summed E-state index contributed by atoms with van der Waals surface area (Å²) in [5.41, 5.74) is 3.25. The van der Waals surface area contributed by atoms with Crippen LogP contribution in [0.15, 0.2) is 42.5 Å². The SMILES string of the molecule is Cc1ccc(NCc2ccccc2OCC(C)C)cc1Cl. The van der Waals surface area contributed by atoms with Gasteiger partial charge in [-0.15, -0.1) is 0 Å². The normalized spacial score (nSPS) is 10.7. The van der Waals surface area contributed by atoms with Crippen LogP contribution in [0.3, 0.4) is 0 Å². The second-order valence-corrected chi connectivity index (χ2v) is 6.04. The van der Waals surface area contributed by atoms with Gasteiger partial charge < -0.3 is 10.1 Å². The van der Waals surface area contributed by atoms with E-state index >= 15 is 0 Å². The minimum atomic E-state index is 0.516. The highest BCUT2D eigenvalue weighted by Gasteiger charge is 2.05. The highest BCUT2D eigenvalue weighted by Crippen LogP contribution is 2.23. The van der Waals surface area contributed by atoms with Gasteiger partial charge in [0, 0.05) is 22.8 Å². The van der Waals surface area contributed by atoms with Crippen LogP contribution in [0.2, 0.25) is 5.02 Å². The Labute approximate surface area is 132 Å². The van der Waals surface area contributed by atoms with Crippen LogP contribution in [0.25, 0.3) is 0 Å². The summed E-state index contributed by atoms with van der Waals surface area (Å²) in [5.74, 6) is 1.46. The van der Waals surface area contributed by atoms with Gasteiger partial charge in [0.2, 0.25) is 0 Å². The lowest BCUT2D eigenvalue weighted by molar-refractivity contribution is 0.269. The first kappa shape index (κ1) is 15.7. The van der Waals surface area contributed by atoms with Crippen LogP contribution in [0.1, 0.15) is 25.0 Å². The Balaban J connectivity index is 2.03. The van der Waals surface area contributed by atoms with Crippen molar-refractivity contribution in [2.75, 3.05) is 11.9 Å². The molecule has 0 radical (unpaired) electrons. The van der Waals surface area contributed by atoms with Crippen molar-refractivity contribution in [2.45, 2.75) is 27.3 Å². The third-order valence-corrected chi connectivity index (χ3v) is 3.61. The zero-order valence-electron chi connectivity index (χ0n) is 12.8. The fraction of sp³-hybridized carbons (Fsp3) is 0.333. The van der Waals surface area contributed by atoms with Gasteiger partial charge in [-0.1, -0.05) is 49.7 Å². The molecule has 3 heteroatoms. The molecule has 0 aliphatic heterocycles. The maximum atomic E-state index is 6.15. The molecule has 0 fully saturated rings. The Bertz CT molecular complexity index is 596. The molecule has 0 saturated carbocycles. The predicted octanol–water partition coefficient (Wildman–Crippen LogP) is 5.30. The second-order valence-electron chi connectivity index (χ2n) is 5.63. The van der Waals surface area contributed by atoms with Crippen molar-refractivity contribution in [1.29, 1.82) is 0 Å². The quantitative estimate of drug-likeness (QED) is 0.782. The fourth-order valence-electron chi connectivity index (χ4n) is 1.95. The van der Waals surface area contributed by atoms with Crippen molar-refractivity contribution in [3.8, 4) is 5.75 Å². The molecular formula is C18H22ClNO. The van der Waals surface area contributed by atoms with Crippen LogP contribution in [-0.2, 0) is 6.54 Å². The summed E-state index contributed by atoms with van der Waals surface area (Å²) in [6.07, 6.45) is 0. The minimum absolute atomic E-state index is 0.516. The maximum Gasteiger partial charge on any atom is 0.124 e. The number of para-hydroxylation sites is 1. The summed E-state index contributed by atoms with van der Waals surface area (Å²) in [6.45, 7) is 7.74. The smallest absolute Gasteiger partial charge is 0.124 e. The van der Waals surface area contributed by atoms with Crippen LogP contribution in [0.4, 0.5) is 5.69 Å². The number of halogens is 1. The summed E-state index contributed by atoms with van der Waals surface area (Å²) in [4.78, 5) is 0. The highest BCUT2D eigenvalue weighted by atomic mass is 35.5. The van der Waals surface area contributed by atoms with Gasteiger partial charge in [-0.05, 0) is 36.6 Å². The van der Waals surface area contributed by atoms with Crippen molar-refractivity contribution >= 4 is 17.3 Å². The number of benzene rings is 2. The van der Waals surface area contributed by atoms with E-state index in [1.54, 1.807) is 0 Å². The van der Waals surface area contributed by atoms with Gasteiger partial charge in [0.1, 0.15) is 5.75 Å². The number of hydrogen-bond donors (Lipinski definition) is 1. The first-order valence-corrected chi connectivity index (χ1v) is 7.65. The Kier molecular flexibility index (Phi) is 5.51. The van der Waals surface area contributed by atoms with Gasteiger partial charge in [0.05, 0.1) is 6.61 Å². The van der Waals surface area contributed by atoms with E-state index in [1.807, 2.05) is 43.3 Å². The summed E-state index contributed by atoms with van der Waals surface area (Å²) >= 11 is 6.15. The first-order chi connectivity index (χ1) is 10.1. The monoisotopic (exact) mass is 303 g/mol. The van der Waals surface area contributed by atoms with Crippen molar-refractivity contribution < 1.29 is 4.74 Å². The van der Waals surface area contributed by atoms with E-state index in [2.05, 4.69) is 25.2 Å². The van der Waals surface area contributed by atoms with E-state index in [0.29, 0.717) is 12.5 Å². The number of ether oxygens (including phenoxy) is 1. The number of nitrogens with one attached hydrogen (secondary N) is 1. The molecule has 0 aliphatic carbocycles. The first-order valence-electron chi connectivity index (χ1n) is 7.27. The van der Waals surface area contributed by atoms with Crippen molar-refractivity contribution in [3.63, 3.8) is 0 Å². The van der Waals surface area contributed by atoms with Gasteiger partial charge in [0.15, 0.2) is 0 Å². The molecular weight excluding hydrogens is 282 g/mol. The zero-order valence-corrected chi connectivity index (χ0v) is 13.6. The Morgan fingerprint density at radius 2 is 1.90 bits per heavy atom. The molecule has 0 heterocycles. The molecule has 0 aromatic heterocycles. The molecule has 2 nitrogen and oxygen atoms in total. The van der Waals surface area contributed by atoms with Gasteiger partial charge in [-0.25, -0.2) is 0 Å². The third-order valence-electron chi connectivity index (χ3n) is 3.20. The Hall–Kier alpha value is -1.67. The molecule has 21 heavy (non-hydrogen) atoms. The Morgan fingerprint density at radius 1 is 1.14 bits per heavy atom. The number of hydrogen-bond acceptors (Lipinski definition) is 2. The number of anilines is 1. The molecule has 0 saturated heterocycles. The van der Waals surface area contributed by atoms with Crippen LogP contribution in [0, 0.1) is 12.8 Å². The average molecular weight is 304 g/mol. The van der Waals surface area contributed by atoms with Crippen LogP contribution >= 0.6 is 11.6 Å². The van der Waals surface area contributed by atoms with E-state index in [-0.39, 0.29) is 0 Å². The van der Waals surface area contributed by atoms with Gasteiger partial charge in [-0.3, -0.25) is 0 Å². The lowest BCUT2D eigenvalue weighted by atomic mass is 10.1. The second kappa shape index (κ2) is 7.37. The van der Waals surface area contributed by atoms with Crippen LogP contribution in [0.5, 0.6) is 5.75 Å². The molecule has 2 rings (SSSR count). The third kappa shape index (κ3) is 4.68. The average Bonchev–Trinajstić information content (AvgIpc) is 2.47. The standard InChI is InChI=1S/C18H22ClNO/c1-13(2)12-21-18-7-5-4-6-15(18)11-20-16-9-8-14(3)17(19)10-16/h4-10,13,20H,11-12H2,1-3H3. The summed E-state index contributed by atoms with van der Waals surface area (Å²) < 4.78 is 5.86. The van der Waals surface area contributed by atoms with Gasteiger partial charge in [0.25, 0.3) is 0 Å². The molecule has 1 N–H and O–H groups in total. The van der Waals surface area contributed by atoms with Crippen molar-refractivity contribution in [2.24, 2.45) is 5.92 Å². The largest absolute Gasteiger partial charge is 0.493 e. The van der Waals surface area contributed by atoms with Crippen molar-refractivity contribution in [3.05, 3.63) is 58.6 Å². The van der Waals surface area contributed by atoms with E-state index in [1.165, 1.54) is 0 Å². The van der Waals surface area contributed by atoms with Crippen LogP contribution in [-0.4, -0.2) is 6.61 Å². The Morgan fingerprint density at radius 3 is 2.62 bits per heavy atom. The van der Waals surface area contributed by atoms with E-state index in [4.69, 9.17) is 16.3 Å². The van der Waals surface area contributed by atoms with E-state index in [0.717, 1.165) is 34.2 Å². The van der Waals surface area contributed by atoms with E-state index in [9.17, 15) is 0 Å². The number of rotatable bonds is 6. The molecule has 0 amide bonds. The lowest BCUT2D eigenvalue weighted by Crippen LogP contribution is -2.08.